The summed E-state index contributed by atoms with van der Waals surface area (Å²) in [6.45, 7) is 0.434. The van der Waals surface area contributed by atoms with Crippen molar-refractivity contribution in [1.29, 1.82) is 0 Å². The number of alkyl halides is 3. The van der Waals surface area contributed by atoms with E-state index in [2.05, 4.69) is 15.9 Å². The lowest BCUT2D eigenvalue weighted by molar-refractivity contribution is -0.0885. The van der Waals surface area contributed by atoms with Gasteiger partial charge in [0, 0.05) is 27.3 Å². The van der Waals surface area contributed by atoms with Crippen molar-refractivity contribution in [1.82, 2.24) is 4.57 Å². The second-order valence-corrected chi connectivity index (χ2v) is 5.45. The number of carbonyl (C=O) groups excluding carboxylic acids is 1. The first-order valence-corrected chi connectivity index (χ1v) is 6.54. The molecule has 96 valence electrons. The summed E-state index contributed by atoms with van der Waals surface area (Å²) in [5.74, 6) is -1.81. The van der Waals surface area contributed by atoms with Crippen LogP contribution in [-0.4, -0.2) is 16.5 Å². The number of hydrogen-bond donors (Lipinski definition) is 0. The smallest absolute Gasteiger partial charge is 0.348 e. The topological polar surface area (TPSA) is 22.0 Å². The standard InChI is InChI=1S/C11H7BrF3NOS/c12-8-2-4-18-9(8)6-16-3-1-7(5-16)10(17)11(13,14)15/h1-5H,6H2. The van der Waals surface area contributed by atoms with E-state index in [9.17, 15) is 18.0 Å². The predicted molar refractivity (Wildman–Crippen MR) is 65.9 cm³/mol. The lowest BCUT2D eigenvalue weighted by Gasteiger charge is -2.03. The number of aromatic nitrogens is 1. The van der Waals surface area contributed by atoms with Gasteiger partial charge in [0.25, 0.3) is 5.78 Å². The molecule has 0 aliphatic carbocycles. The van der Waals surface area contributed by atoms with Crippen molar-refractivity contribution in [3.05, 3.63) is 44.8 Å². The van der Waals surface area contributed by atoms with Crippen molar-refractivity contribution in [2.45, 2.75) is 12.7 Å². The Balaban J connectivity index is 2.17. The fraction of sp³-hybridized carbons (Fsp3) is 0.182. The van der Waals surface area contributed by atoms with E-state index in [1.54, 1.807) is 4.57 Å². The zero-order valence-electron chi connectivity index (χ0n) is 8.87. The van der Waals surface area contributed by atoms with Gasteiger partial charge >= 0.3 is 6.18 Å². The highest BCUT2D eigenvalue weighted by atomic mass is 79.9. The van der Waals surface area contributed by atoms with Gasteiger partial charge in [0.2, 0.25) is 0 Å². The molecule has 0 atom stereocenters. The Morgan fingerprint density at radius 2 is 2.11 bits per heavy atom. The van der Waals surface area contributed by atoms with E-state index < -0.39 is 12.0 Å². The van der Waals surface area contributed by atoms with Crippen molar-refractivity contribution in [3.63, 3.8) is 0 Å². The molecule has 7 heteroatoms. The van der Waals surface area contributed by atoms with Gasteiger partial charge in [-0.05, 0) is 33.4 Å². The second-order valence-electron chi connectivity index (χ2n) is 3.59. The van der Waals surface area contributed by atoms with Gasteiger partial charge in [-0.15, -0.1) is 11.3 Å². The SMILES string of the molecule is O=C(c1ccn(Cc2sccc2Br)c1)C(F)(F)F. The Morgan fingerprint density at radius 1 is 1.39 bits per heavy atom. The van der Waals surface area contributed by atoms with Gasteiger partial charge in [-0.1, -0.05) is 0 Å². The van der Waals surface area contributed by atoms with Gasteiger partial charge in [-0.3, -0.25) is 4.79 Å². The molecular formula is C11H7BrF3NOS. The third-order valence-electron chi connectivity index (χ3n) is 2.29. The minimum atomic E-state index is -4.82. The van der Waals surface area contributed by atoms with Crippen molar-refractivity contribution >= 4 is 33.0 Å². The molecule has 0 aliphatic heterocycles. The minimum absolute atomic E-state index is 0.338. The maximum Gasteiger partial charge on any atom is 0.454 e. The number of carbonyl (C=O) groups is 1. The van der Waals surface area contributed by atoms with E-state index in [0.717, 1.165) is 9.35 Å². The van der Waals surface area contributed by atoms with Crippen LogP contribution in [0.2, 0.25) is 0 Å². The van der Waals surface area contributed by atoms with E-state index >= 15 is 0 Å². The Hall–Kier alpha value is -1.08. The van der Waals surface area contributed by atoms with Crippen molar-refractivity contribution in [2.75, 3.05) is 0 Å². The highest BCUT2D eigenvalue weighted by Crippen LogP contribution is 2.25. The third kappa shape index (κ3) is 2.84. The monoisotopic (exact) mass is 337 g/mol. The molecule has 0 saturated heterocycles. The molecule has 0 amide bonds. The largest absolute Gasteiger partial charge is 0.454 e. The first kappa shape index (κ1) is 13.4. The van der Waals surface area contributed by atoms with Crippen LogP contribution < -0.4 is 0 Å². The number of hydrogen-bond acceptors (Lipinski definition) is 2. The predicted octanol–water partition coefficient (Wildman–Crippen LogP) is 4.11. The van der Waals surface area contributed by atoms with Gasteiger partial charge in [0.15, 0.2) is 0 Å². The Labute approximate surface area is 113 Å². The molecule has 0 aliphatic rings. The highest BCUT2D eigenvalue weighted by molar-refractivity contribution is 9.10. The molecule has 0 unspecified atom stereocenters. The number of nitrogens with zero attached hydrogens (tertiary/aromatic N) is 1. The van der Waals surface area contributed by atoms with Gasteiger partial charge in [0.1, 0.15) is 0 Å². The molecule has 0 N–H and O–H groups in total. The molecule has 2 heterocycles. The first-order valence-electron chi connectivity index (χ1n) is 4.87. The number of rotatable bonds is 3. The summed E-state index contributed by atoms with van der Waals surface area (Å²) in [6, 6.07) is 3.04. The lowest BCUT2D eigenvalue weighted by Crippen LogP contribution is -2.22. The van der Waals surface area contributed by atoms with Crippen LogP contribution in [0.15, 0.2) is 34.4 Å². The van der Waals surface area contributed by atoms with Crippen LogP contribution in [0.1, 0.15) is 15.2 Å². The van der Waals surface area contributed by atoms with E-state index in [-0.39, 0.29) is 5.56 Å². The van der Waals surface area contributed by atoms with E-state index in [4.69, 9.17) is 0 Å². The van der Waals surface area contributed by atoms with E-state index in [1.165, 1.54) is 29.8 Å². The minimum Gasteiger partial charge on any atom is -0.348 e. The molecule has 0 aromatic carbocycles. The van der Waals surface area contributed by atoms with Crippen LogP contribution >= 0.6 is 27.3 Å². The normalized spacial score (nSPS) is 11.8. The summed E-state index contributed by atoms with van der Waals surface area (Å²) in [7, 11) is 0. The zero-order chi connectivity index (χ0) is 13.3. The zero-order valence-corrected chi connectivity index (χ0v) is 11.3. The van der Waals surface area contributed by atoms with E-state index in [0.29, 0.717) is 6.54 Å². The summed E-state index contributed by atoms with van der Waals surface area (Å²) in [5, 5.41) is 1.88. The number of thiophene rings is 1. The third-order valence-corrected chi connectivity index (χ3v) is 4.20. The molecule has 18 heavy (non-hydrogen) atoms. The lowest BCUT2D eigenvalue weighted by atomic mass is 10.2. The Bertz CT molecular complexity index is 573. The summed E-state index contributed by atoms with van der Waals surface area (Å²) < 4.78 is 39.1. The van der Waals surface area contributed by atoms with Crippen LogP contribution in [0.4, 0.5) is 13.2 Å². The van der Waals surface area contributed by atoms with Crippen LogP contribution in [0, 0.1) is 0 Å². The highest BCUT2D eigenvalue weighted by Gasteiger charge is 2.39. The summed E-state index contributed by atoms with van der Waals surface area (Å²) in [4.78, 5) is 12.0. The van der Waals surface area contributed by atoms with Crippen molar-refractivity contribution in [3.8, 4) is 0 Å². The molecule has 0 fully saturated rings. The number of ketones is 1. The molecule has 0 spiro atoms. The van der Waals surface area contributed by atoms with Crippen LogP contribution in [0.3, 0.4) is 0 Å². The summed E-state index contributed by atoms with van der Waals surface area (Å²) >= 11 is 4.83. The van der Waals surface area contributed by atoms with Gasteiger partial charge in [-0.2, -0.15) is 13.2 Å². The average molecular weight is 338 g/mol. The molecule has 2 aromatic rings. The molecular weight excluding hydrogens is 331 g/mol. The van der Waals surface area contributed by atoms with Crippen LogP contribution in [0.25, 0.3) is 0 Å². The molecule has 2 aromatic heterocycles. The number of Topliss-reactive ketones (excluding diaryl/α,β-unsaturated/α-hetero) is 1. The van der Waals surface area contributed by atoms with Gasteiger partial charge < -0.3 is 4.57 Å². The van der Waals surface area contributed by atoms with E-state index in [1.807, 2.05) is 11.4 Å². The van der Waals surface area contributed by atoms with Gasteiger partial charge in [0.05, 0.1) is 6.54 Å². The Morgan fingerprint density at radius 3 is 2.67 bits per heavy atom. The maximum absolute atomic E-state index is 12.2. The summed E-state index contributed by atoms with van der Waals surface area (Å²) in [6.07, 6.45) is -2.15. The van der Waals surface area contributed by atoms with Crippen molar-refractivity contribution < 1.29 is 18.0 Å². The maximum atomic E-state index is 12.2. The quantitative estimate of drug-likeness (QED) is 0.772. The van der Waals surface area contributed by atoms with Gasteiger partial charge in [-0.25, -0.2) is 0 Å². The van der Waals surface area contributed by atoms with Crippen LogP contribution in [-0.2, 0) is 6.54 Å². The number of halogens is 4. The van der Waals surface area contributed by atoms with Crippen molar-refractivity contribution in [2.24, 2.45) is 0 Å². The molecule has 2 rings (SSSR count). The van der Waals surface area contributed by atoms with Crippen LogP contribution in [0.5, 0.6) is 0 Å². The molecule has 0 saturated carbocycles. The fourth-order valence-electron chi connectivity index (χ4n) is 1.44. The molecule has 2 nitrogen and oxygen atoms in total. The first-order chi connectivity index (χ1) is 8.38. The summed E-state index contributed by atoms with van der Waals surface area (Å²) in [5.41, 5.74) is -0.338. The second kappa shape index (κ2) is 4.89. The molecule has 0 bridgehead atoms. The molecule has 0 radical (unpaired) electrons. The average Bonchev–Trinajstić information content (AvgIpc) is 2.87. The fourth-order valence-corrected chi connectivity index (χ4v) is 2.93. The Kier molecular flexibility index (Phi) is 3.63.